The van der Waals surface area contributed by atoms with Crippen molar-refractivity contribution >= 4 is 34.4 Å². The van der Waals surface area contributed by atoms with E-state index in [1.54, 1.807) is 24.3 Å². The number of carbonyl (C=O) groups excluding carboxylic acids is 3. The molecule has 4 rings (SSSR count). The van der Waals surface area contributed by atoms with Gasteiger partial charge < -0.3 is 20.7 Å². The van der Waals surface area contributed by atoms with Crippen molar-refractivity contribution in [3.05, 3.63) is 60.3 Å². The summed E-state index contributed by atoms with van der Waals surface area (Å²) in [5.74, 6) is -0.720. The van der Waals surface area contributed by atoms with E-state index in [0.717, 1.165) is 12.1 Å². The molecule has 1 fully saturated rings. The predicted molar refractivity (Wildman–Crippen MR) is 113 cm³/mol. The maximum atomic E-state index is 12.8. The third kappa shape index (κ3) is 4.76. The van der Waals surface area contributed by atoms with Crippen LogP contribution in [0, 0.1) is 0 Å². The van der Waals surface area contributed by atoms with Crippen molar-refractivity contribution in [2.24, 2.45) is 5.73 Å². The maximum absolute atomic E-state index is 12.8. The molecule has 8 nitrogen and oxygen atoms in total. The molecule has 0 spiro atoms. The molecule has 1 atom stereocenters. The van der Waals surface area contributed by atoms with Gasteiger partial charge >= 0.3 is 18.4 Å². The van der Waals surface area contributed by atoms with Crippen molar-refractivity contribution < 1.29 is 32.3 Å². The average molecular weight is 460 g/mol. The Morgan fingerprint density at radius 2 is 1.88 bits per heavy atom. The molecular weight excluding hydrogens is 441 g/mol. The monoisotopic (exact) mass is 460 g/mol. The zero-order valence-corrected chi connectivity index (χ0v) is 17.1. The number of likely N-dealkylation sites (tertiary alicyclic amines) is 1. The smallest absolute Gasteiger partial charge is 0.406 e. The summed E-state index contributed by atoms with van der Waals surface area (Å²) in [6.45, 7) is 0.341. The van der Waals surface area contributed by atoms with Crippen LogP contribution in [0.1, 0.15) is 12.0 Å². The fourth-order valence-corrected chi connectivity index (χ4v) is 3.79. The summed E-state index contributed by atoms with van der Waals surface area (Å²) in [6.07, 6.45) is -3.13. The summed E-state index contributed by atoms with van der Waals surface area (Å²) in [6, 6.07) is 10.1. The number of amides is 3. The van der Waals surface area contributed by atoms with Crippen molar-refractivity contribution in [2.75, 3.05) is 11.9 Å². The second-order valence-electron chi connectivity index (χ2n) is 7.53. The molecule has 0 unspecified atom stereocenters. The van der Waals surface area contributed by atoms with Gasteiger partial charge in [0.05, 0.1) is 17.2 Å². The Labute approximate surface area is 185 Å². The van der Waals surface area contributed by atoms with Crippen LogP contribution in [-0.4, -0.2) is 46.3 Å². The molecule has 0 radical (unpaired) electrons. The van der Waals surface area contributed by atoms with Gasteiger partial charge in [-0.15, -0.1) is 13.2 Å². The summed E-state index contributed by atoms with van der Waals surface area (Å²) in [5.41, 5.74) is 6.62. The fourth-order valence-electron chi connectivity index (χ4n) is 3.79. The highest BCUT2D eigenvalue weighted by atomic mass is 19.4. The minimum absolute atomic E-state index is 0.148. The Kier molecular flexibility index (Phi) is 5.71. The number of ether oxygens (including phenoxy) is 1. The van der Waals surface area contributed by atoms with E-state index in [-0.39, 0.29) is 12.2 Å². The number of para-hydroxylation sites is 1. The number of rotatable bonds is 5. The molecule has 0 bridgehead atoms. The molecule has 1 aliphatic heterocycles. The van der Waals surface area contributed by atoms with Crippen molar-refractivity contribution in [2.45, 2.75) is 25.2 Å². The van der Waals surface area contributed by atoms with E-state index in [9.17, 15) is 27.6 Å². The summed E-state index contributed by atoms with van der Waals surface area (Å²) in [7, 11) is 0. The van der Waals surface area contributed by atoms with E-state index >= 15 is 0 Å². The third-order valence-electron chi connectivity index (χ3n) is 5.35. The van der Waals surface area contributed by atoms with Crippen LogP contribution in [0.5, 0.6) is 5.75 Å². The number of halogens is 3. The molecule has 3 N–H and O–H groups in total. The Hall–Kier alpha value is -4.02. The van der Waals surface area contributed by atoms with Crippen molar-refractivity contribution in [3.63, 3.8) is 0 Å². The summed E-state index contributed by atoms with van der Waals surface area (Å²) >= 11 is 0. The lowest BCUT2D eigenvalue weighted by Crippen LogP contribution is -2.56. The minimum atomic E-state index is -4.83. The number of hydrogen-bond acceptors (Lipinski definition) is 4. The van der Waals surface area contributed by atoms with Crippen molar-refractivity contribution in [1.29, 1.82) is 0 Å². The molecule has 0 saturated carbocycles. The number of anilines is 1. The van der Waals surface area contributed by atoms with E-state index in [1.165, 1.54) is 27.8 Å². The number of alkyl halides is 3. The number of nitrogens with zero attached hydrogens (tertiary/aromatic N) is 2. The normalized spacial score (nSPS) is 15.7. The van der Waals surface area contributed by atoms with Crippen LogP contribution >= 0.6 is 0 Å². The molecule has 33 heavy (non-hydrogen) atoms. The Morgan fingerprint density at radius 1 is 1.12 bits per heavy atom. The van der Waals surface area contributed by atoms with Gasteiger partial charge in [0.1, 0.15) is 5.75 Å². The highest BCUT2D eigenvalue weighted by Gasteiger charge is 2.37. The van der Waals surface area contributed by atoms with Gasteiger partial charge in [0.2, 0.25) is 0 Å². The van der Waals surface area contributed by atoms with Gasteiger partial charge in [0.15, 0.2) is 5.78 Å². The van der Waals surface area contributed by atoms with Gasteiger partial charge in [-0.05, 0) is 30.2 Å². The second kappa shape index (κ2) is 8.49. The van der Waals surface area contributed by atoms with Crippen LogP contribution in [0.4, 0.5) is 28.4 Å². The number of aromatic nitrogens is 1. The van der Waals surface area contributed by atoms with Crippen LogP contribution in [0.2, 0.25) is 0 Å². The lowest BCUT2D eigenvalue weighted by atomic mass is 9.94. The van der Waals surface area contributed by atoms with Crippen molar-refractivity contribution in [3.8, 4) is 5.75 Å². The predicted octanol–water partition coefficient (Wildman–Crippen LogP) is 3.88. The number of primary amides is 1. The lowest BCUT2D eigenvalue weighted by molar-refractivity contribution is -0.274. The minimum Gasteiger partial charge on any atom is -0.406 e. The number of nitrogens with two attached hydrogens (primary N) is 1. The number of hydrogen-bond donors (Lipinski definition) is 2. The van der Waals surface area contributed by atoms with E-state index in [1.807, 2.05) is 0 Å². The molecule has 1 saturated heterocycles. The molecule has 2 heterocycles. The summed E-state index contributed by atoms with van der Waals surface area (Å²) < 4.78 is 42.4. The zero-order chi connectivity index (χ0) is 23.8. The van der Waals surface area contributed by atoms with Gasteiger partial charge in [-0.25, -0.2) is 9.59 Å². The van der Waals surface area contributed by atoms with Crippen LogP contribution in [0.25, 0.3) is 10.9 Å². The highest BCUT2D eigenvalue weighted by molar-refractivity contribution is 6.05. The van der Waals surface area contributed by atoms with Crippen molar-refractivity contribution in [1.82, 2.24) is 9.47 Å². The quantitative estimate of drug-likeness (QED) is 0.603. The molecule has 2 aromatic carbocycles. The Balaban J connectivity index is 1.44. The molecule has 11 heteroatoms. The average Bonchev–Trinajstić information content (AvgIpc) is 3.05. The first-order valence-electron chi connectivity index (χ1n) is 9.97. The molecule has 1 aliphatic rings. The largest absolute Gasteiger partial charge is 0.573 e. The standard InChI is InChI=1S/C22H19F3N4O4/c23-22(24,25)33-14-5-3-4-13(10-14)11-19(30)18-8-9-28(18)21(32)27-16-12-29(20(26)31)17-7-2-1-6-15(16)17/h1-7,10,12,18H,8-9,11H2,(H2,26,31)(H,27,32)/t18-/m0/s1. The van der Waals surface area contributed by atoms with E-state index in [0.29, 0.717) is 35.1 Å². The third-order valence-corrected chi connectivity index (χ3v) is 5.35. The molecule has 3 amide bonds. The number of nitrogens with one attached hydrogen (secondary N) is 1. The van der Waals surface area contributed by atoms with Gasteiger partial charge in [-0.3, -0.25) is 9.36 Å². The van der Waals surface area contributed by atoms with E-state index in [4.69, 9.17) is 5.73 Å². The van der Waals surface area contributed by atoms with Gasteiger partial charge in [-0.1, -0.05) is 30.3 Å². The first-order valence-corrected chi connectivity index (χ1v) is 9.97. The van der Waals surface area contributed by atoms with Crippen LogP contribution < -0.4 is 15.8 Å². The van der Waals surface area contributed by atoms with Gasteiger partial charge in [-0.2, -0.15) is 0 Å². The highest BCUT2D eigenvalue weighted by Crippen LogP contribution is 2.28. The maximum Gasteiger partial charge on any atom is 0.573 e. The molecular formula is C22H19F3N4O4. The second-order valence-corrected chi connectivity index (χ2v) is 7.53. The van der Waals surface area contributed by atoms with Crippen LogP contribution in [0.3, 0.4) is 0 Å². The summed E-state index contributed by atoms with van der Waals surface area (Å²) in [4.78, 5) is 38.5. The van der Waals surface area contributed by atoms with E-state index < -0.39 is 30.2 Å². The zero-order valence-electron chi connectivity index (χ0n) is 17.1. The SMILES string of the molecule is NC(=O)n1cc(NC(=O)N2CC[C@H]2C(=O)Cc2cccc(OC(F)(F)F)c2)c2ccccc21. The number of urea groups is 1. The van der Waals surface area contributed by atoms with Crippen LogP contribution in [0.15, 0.2) is 54.7 Å². The first-order chi connectivity index (χ1) is 15.6. The summed E-state index contributed by atoms with van der Waals surface area (Å²) in [5, 5.41) is 3.31. The number of carbonyl (C=O) groups is 3. The topological polar surface area (TPSA) is 107 Å². The number of ketones is 1. The molecule has 1 aromatic heterocycles. The number of Topliss-reactive ketones (excluding diaryl/α,β-unsaturated/α-hetero) is 1. The Bertz CT molecular complexity index is 1240. The Morgan fingerprint density at radius 3 is 2.55 bits per heavy atom. The molecule has 3 aromatic rings. The number of fused-ring (bicyclic) bond motifs is 1. The van der Waals surface area contributed by atoms with Gasteiger partial charge in [0.25, 0.3) is 0 Å². The number of benzene rings is 2. The lowest BCUT2D eigenvalue weighted by Gasteiger charge is -2.39. The van der Waals surface area contributed by atoms with Gasteiger partial charge in [0, 0.05) is 24.5 Å². The van der Waals surface area contributed by atoms with Crippen LogP contribution in [-0.2, 0) is 11.2 Å². The molecule has 172 valence electrons. The van der Waals surface area contributed by atoms with E-state index in [2.05, 4.69) is 10.1 Å². The first kappa shape index (κ1) is 22.2. The molecule has 0 aliphatic carbocycles. The fraction of sp³-hybridized carbons (Fsp3) is 0.227.